The number of aromatic nitrogens is 2. The molecule has 2 rings (SSSR count). The Balaban J connectivity index is 1.79. The van der Waals surface area contributed by atoms with Crippen LogP contribution in [0, 0.1) is 0 Å². The van der Waals surface area contributed by atoms with E-state index in [1.807, 2.05) is 0 Å². The number of hydrogen-bond donors (Lipinski definition) is 3. The molecule has 0 aromatic carbocycles. The van der Waals surface area contributed by atoms with Gasteiger partial charge in [0.15, 0.2) is 5.01 Å². The van der Waals surface area contributed by atoms with E-state index in [1.54, 1.807) is 0 Å². The highest BCUT2D eigenvalue weighted by molar-refractivity contribution is 7.15. The van der Waals surface area contributed by atoms with Gasteiger partial charge >= 0.3 is 6.03 Å². The molecule has 0 saturated heterocycles. The number of carbonyl (C=O) groups excluding carboxylic acids is 1. The molecule has 18 heavy (non-hydrogen) atoms. The fraction of sp³-hybridized carbons (Fsp3) is 0.667. The Morgan fingerprint density at radius 3 is 2.72 bits per heavy atom. The Bertz CT molecular complexity index is 436. The summed E-state index contributed by atoms with van der Waals surface area (Å²) in [6.07, 6.45) is -0.450. The second-order valence-corrected chi connectivity index (χ2v) is 5.14. The molecule has 0 atom stereocenters. The van der Waals surface area contributed by atoms with E-state index in [0.717, 1.165) is 6.42 Å². The lowest BCUT2D eigenvalue weighted by molar-refractivity contribution is -0.0287. The minimum Gasteiger partial charge on any atom is -0.388 e. The van der Waals surface area contributed by atoms with Crippen LogP contribution in [0.1, 0.15) is 30.7 Å². The molecule has 0 unspecified atom stereocenters. The van der Waals surface area contributed by atoms with Gasteiger partial charge in [-0.2, -0.15) is 0 Å². The van der Waals surface area contributed by atoms with Crippen LogP contribution in [0.4, 0.5) is 18.7 Å². The number of anilines is 1. The largest absolute Gasteiger partial charge is 0.388 e. The van der Waals surface area contributed by atoms with Crippen molar-refractivity contribution in [3.05, 3.63) is 5.01 Å². The zero-order valence-corrected chi connectivity index (χ0v) is 10.1. The van der Waals surface area contributed by atoms with Crippen molar-refractivity contribution >= 4 is 22.5 Å². The summed E-state index contributed by atoms with van der Waals surface area (Å²) in [6.45, 7) is 0.138. The van der Waals surface area contributed by atoms with Crippen LogP contribution in [0.3, 0.4) is 0 Å². The number of hydrogen-bond acceptors (Lipinski definition) is 5. The lowest BCUT2D eigenvalue weighted by Crippen LogP contribution is -2.48. The smallest absolute Gasteiger partial charge is 0.321 e. The van der Waals surface area contributed by atoms with Gasteiger partial charge in [0, 0.05) is 6.54 Å². The molecule has 0 aliphatic heterocycles. The van der Waals surface area contributed by atoms with Gasteiger partial charge in [-0.05, 0) is 19.3 Å². The Labute approximate surface area is 105 Å². The molecule has 2 amide bonds. The maximum Gasteiger partial charge on any atom is 0.321 e. The predicted molar refractivity (Wildman–Crippen MR) is 60.7 cm³/mol. The van der Waals surface area contributed by atoms with Crippen molar-refractivity contribution in [2.75, 3.05) is 11.9 Å². The van der Waals surface area contributed by atoms with Crippen molar-refractivity contribution in [2.24, 2.45) is 0 Å². The van der Waals surface area contributed by atoms with Crippen molar-refractivity contribution in [1.82, 2.24) is 15.5 Å². The summed E-state index contributed by atoms with van der Waals surface area (Å²) in [4.78, 5) is 11.4. The average molecular weight is 278 g/mol. The number of aliphatic hydroxyl groups is 1. The number of amides is 2. The summed E-state index contributed by atoms with van der Waals surface area (Å²) in [7, 11) is 0. The van der Waals surface area contributed by atoms with E-state index in [9.17, 15) is 18.7 Å². The summed E-state index contributed by atoms with van der Waals surface area (Å²) in [6, 6.07) is -0.590. The molecule has 1 fully saturated rings. The van der Waals surface area contributed by atoms with Gasteiger partial charge in [0.05, 0.1) is 5.60 Å². The van der Waals surface area contributed by atoms with Gasteiger partial charge in [-0.1, -0.05) is 11.3 Å². The highest BCUT2D eigenvalue weighted by Gasteiger charge is 2.34. The quantitative estimate of drug-likeness (QED) is 0.779. The fourth-order valence-corrected chi connectivity index (χ4v) is 2.12. The van der Waals surface area contributed by atoms with Gasteiger partial charge in [-0.15, -0.1) is 10.2 Å². The number of urea groups is 1. The zero-order valence-electron chi connectivity index (χ0n) is 9.32. The van der Waals surface area contributed by atoms with Gasteiger partial charge < -0.3 is 10.4 Å². The van der Waals surface area contributed by atoms with Gasteiger partial charge in [-0.3, -0.25) is 5.32 Å². The number of halogens is 2. The van der Waals surface area contributed by atoms with Crippen LogP contribution in [0.2, 0.25) is 0 Å². The van der Waals surface area contributed by atoms with Crippen LogP contribution in [0.5, 0.6) is 0 Å². The lowest BCUT2D eigenvalue weighted by Gasteiger charge is -2.36. The molecule has 1 aromatic rings. The number of nitrogens with zero attached hydrogens (tertiary/aromatic N) is 2. The topological polar surface area (TPSA) is 87.1 Å². The van der Waals surface area contributed by atoms with E-state index in [-0.39, 0.29) is 11.7 Å². The van der Waals surface area contributed by atoms with Crippen molar-refractivity contribution < 1.29 is 18.7 Å². The van der Waals surface area contributed by atoms with E-state index in [0.29, 0.717) is 24.2 Å². The lowest BCUT2D eigenvalue weighted by atomic mass is 9.80. The molecular weight excluding hydrogens is 266 g/mol. The third-order valence-electron chi connectivity index (χ3n) is 2.71. The molecule has 1 aliphatic carbocycles. The molecular formula is C9H12F2N4O2S. The molecule has 1 aliphatic rings. The molecule has 0 radical (unpaired) electrons. The van der Waals surface area contributed by atoms with Crippen LogP contribution in [0.25, 0.3) is 0 Å². The standard InChI is InChI=1S/C9H12F2N4O2S/c10-5(11)6-14-15-8(18-6)13-7(16)12-4-9(17)2-1-3-9/h5,17H,1-4H2,(H2,12,13,15,16). The summed E-state index contributed by atoms with van der Waals surface area (Å²) >= 11 is 0.616. The first-order valence-corrected chi connectivity index (χ1v) is 6.19. The number of nitrogens with one attached hydrogen (secondary N) is 2. The van der Waals surface area contributed by atoms with E-state index in [4.69, 9.17) is 0 Å². The number of carbonyl (C=O) groups is 1. The van der Waals surface area contributed by atoms with E-state index < -0.39 is 23.1 Å². The fourth-order valence-electron chi connectivity index (χ4n) is 1.52. The van der Waals surface area contributed by atoms with Crippen molar-refractivity contribution in [3.63, 3.8) is 0 Å². The summed E-state index contributed by atoms with van der Waals surface area (Å²) in [5.74, 6) is 0. The Morgan fingerprint density at radius 2 is 2.22 bits per heavy atom. The summed E-state index contributed by atoms with van der Waals surface area (Å²) in [5, 5.41) is 20.7. The van der Waals surface area contributed by atoms with E-state index >= 15 is 0 Å². The summed E-state index contributed by atoms with van der Waals surface area (Å²) < 4.78 is 24.4. The SMILES string of the molecule is O=C(NCC1(O)CCC1)Nc1nnc(C(F)F)s1. The van der Waals surface area contributed by atoms with Crippen molar-refractivity contribution in [1.29, 1.82) is 0 Å². The minimum absolute atomic E-state index is 0.00315. The van der Waals surface area contributed by atoms with Crippen LogP contribution in [0.15, 0.2) is 0 Å². The predicted octanol–water partition coefficient (Wildman–Crippen LogP) is 1.51. The average Bonchev–Trinajstić information content (AvgIpc) is 2.72. The van der Waals surface area contributed by atoms with Gasteiger partial charge in [0.1, 0.15) is 0 Å². The van der Waals surface area contributed by atoms with Gasteiger partial charge in [0.25, 0.3) is 6.43 Å². The Kier molecular flexibility index (Phi) is 3.71. The molecule has 3 N–H and O–H groups in total. The van der Waals surface area contributed by atoms with Crippen molar-refractivity contribution in [3.8, 4) is 0 Å². The first kappa shape index (κ1) is 13.1. The third-order valence-corrected chi connectivity index (χ3v) is 3.56. The normalized spacial score (nSPS) is 17.3. The summed E-state index contributed by atoms with van der Waals surface area (Å²) in [5.41, 5.74) is -0.827. The molecule has 100 valence electrons. The molecule has 6 nitrogen and oxygen atoms in total. The number of alkyl halides is 2. The molecule has 0 bridgehead atoms. The van der Waals surface area contributed by atoms with E-state index in [1.165, 1.54) is 0 Å². The molecule has 1 saturated carbocycles. The third kappa shape index (κ3) is 3.10. The highest BCUT2D eigenvalue weighted by atomic mass is 32.1. The first-order valence-electron chi connectivity index (χ1n) is 5.37. The maximum absolute atomic E-state index is 12.2. The molecule has 1 aromatic heterocycles. The van der Waals surface area contributed by atoms with Gasteiger partial charge in [-0.25, -0.2) is 13.6 Å². The Morgan fingerprint density at radius 1 is 1.50 bits per heavy atom. The number of rotatable bonds is 4. The second-order valence-electron chi connectivity index (χ2n) is 4.13. The van der Waals surface area contributed by atoms with Crippen LogP contribution < -0.4 is 10.6 Å². The van der Waals surface area contributed by atoms with Crippen molar-refractivity contribution in [2.45, 2.75) is 31.3 Å². The van der Waals surface area contributed by atoms with Gasteiger partial charge in [0.2, 0.25) is 5.13 Å². The zero-order chi connectivity index (χ0) is 13.2. The Hall–Kier alpha value is -1.35. The van der Waals surface area contributed by atoms with E-state index in [2.05, 4.69) is 20.8 Å². The molecule has 9 heteroatoms. The van der Waals surface area contributed by atoms with Crippen LogP contribution >= 0.6 is 11.3 Å². The van der Waals surface area contributed by atoms with Crippen LogP contribution in [-0.2, 0) is 0 Å². The second kappa shape index (κ2) is 5.11. The van der Waals surface area contributed by atoms with Crippen LogP contribution in [-0.4, -0.2) is 33.5 Å². The highest BCUT2D eigenvalue weighted by Crippen LogP contribution is 2.30. The maximum atomic E-state index is 12.2. The molecule has 1 heterocycles. The molecule has 0 spiro atoms. The first-order chi connectivity index (χ1) is 8.48. The monoisotopic (exact) mass is 278 g/mol. The minimum atomic E-state index is -2.70.